The lowest BCUT2D eigenvalue weighted by molar-refractivity contribution is -0.139. The Morgan fingerprint density at radius 3 is 1.63 bits per heavy atom. The molecule has 1 atom stereocenters. The maximum Gasteiger partial charge on any atom is 0.408 e. The second-order valence-electron chi connectivity index (χ2n) is 10.7. The lowest BCUT2D eigenvalue weighted by atomic mass is 10.1. The van der Waals surface area contributed by atoms with Crippen molar-refractivity contribution in [3.05, 3.63) is 167 Å². The molecule has 0 saturated carbocycles. The molecule has 1 amide bonds. The molecule has 2 N–H and O–H groups in total. The van der Waals surface area contributed by atoms with Gasteiger partial charge in [-0.1, -0.05) is 127 Å². The number of hydrogen-bond acceptors (Lipinski definition) is 5. The first-order chi connectivity index (χ1) is 22.5. The molecular formula is C38H36NO6P. The Labute approximate surface area is 270 Å². The Hall–Kier alpha value is -5.13. The Morgan fingerprint density at radius 1 is 0.609 bits per heavy atom. The molecule has 0 spiro atoms. The molecule has 0 fully saturated rings. The van der Waals surface area contributed by atoms with Crippen LogP contribution in [0.25, 0.3) is 0 Å². The van der Waals surface area contributed by atoms with Crippen LogP contribution in [0.5, 0.6) is 11.5 Å². The van der Waals surface area contributed by atoms with E-state index in [1.807, 2.05) is 109 Å². The van der Waals surface area contributed by atoms with Gasteiger partial charge < -0.3 is 24.4 Å². The van der Waals surface area contributed by atoms with Crippen LogP contribution in [0.4, 0.5) is 4.79 Å². The lowest BCUT2D eigenvalue weighted by Gasteiger charge is -2.22. The summed E-state index contributed by atoms with van der Waals surface area (Å²) in [6.07, 6.45) is 0.729. The van der Waals surface area contributed by atoms with E-state index in [2.05, 4.69) is 29.6 Å². The predicted molar refractivity (Wildman–Crippen MR) is 180 cm³/mol. The average molecular weight is 634 g/mol. The molecule has 234 valence electrons. The van der Waals surface area contributed by atoms with Crippen molar-refractivity contribution < 1.29 is 28.7 Å². The summed E-state index contributed by atoms with van der Waals surface area (Å²) < 4.78 is 18.3. The molecule has 0 saturated heterocycles. The molecule has 8 heteroatoms. The van der Waals surface area contributed by atoms with E-state index in [0.717, 1.165) is 23.5 Å². The van der Waals surface area contributed by atoms with Crippen LogP contribution in [0.3, 0.4) is 0 Å². The van der Waals surface area contributed by atoms with Crippen LogP contribution in [0.2, 0.25) is 0 Å². The van der Waals surface area contributed by atoms with Gasteiger partial charge in [0.2, 0.25) is 0 Å². The third kappa shape index (κ3) is 10.2. The molecule has 0 aliphatic heterocycles. The molecule has 0 heterocycles. The van der Waals surface area contributed by atoms with E-state index < -0.39 is 26.3 Å². The van der Waals surface area contributed by atoms with Crippen LogP contribution in [-0.2, 0) is 41.5 Å². The maximum atomic E-state index is 12.5. The number of carbonyl (C=O) groups excluding carboxylic acids is 1. The molecule has 0 aliphatic rings. The van der Waals surface area contributed by atoms with E-state index in [-0.39, 0.29) is 13.0 Å². The number of hydrogen-bond donors (Lipinski definition) is 2. The van der Waals surface area contributed by atoms with E-state index in [4.69, 9.17) is 14.0 Å². The minimum Gasteiger partial charge on any atom is -0.485 e. The Balaban J connectivity index is 1.35. The van der Waals surface area contributed by atoms with Crippen molar-refractivity contribution in [1.82, 2.24) is 5.32 Å². The quantitative estimate of drug-likeness (QED) is 0.113. The number of amides is 1. The molecule has 46 heavy (non-hydrogen) atoms. The fraction of sp³-hybridized carbons (Fsp3) is 0.158. The smallest absolute Gasteiger partial charge is 0.408 e. The third-order valence-corrected chi connectivity index (χ3v) is 9.01. The van der Waals surface area contributed by atoms with Crippen molar-refractivity contribution in [1.29, 1.82) is 0 Å². The summed E-state index contributed by atoms with van der Waals surface area (Å²) >= 11 is 0. The zero-order chi connectivity index (χ0) is 32.0. The average Bonchev–Trinajstić information content (AvgIpc) is 3.09. The van der Waals surface area contributed by atoms with Gasteiger partial charge in [-0.15, -0.1) is 0 Å². The van der Waals surface area contributed by atoms with Crippen molar-refractivity contribution in [3.63, 3.8) is 0 Å². The standard InChI is InChI=1S/C38H36NO6P/c40-37(41)34(39-38(42)44-26-30-15-7-2-8-16-30)23-33-21-22-35(36(24-33)43-25-29-13-5-1-6-14-29)45-46(27-31-17-9-3-10-18-31)28-32-19-11-4-12-20-32/h1-22,24,34H,23,25-28H2,(H,39,42)(H,40,41)/t34-/m0/s1. The molecule has 0 aromatic heterocycles. The van der Waals surface area contributed by atoms with E-state index >= 15 is 0 Å². The Kier molecular flexibility index (Phi) is 11.8. The largest absolute Gasteiger partial charge is 0.485 e. The Morgan fingerprint density at radius 2 is 1.11 bits per heavy atom. The molecule has 5 rings (SSSR count). The van der Waals surface area contributed by atoms with Crippen LogP contribution in [0, 0.1) is 0 Å². The van der Waals surface area contributed by atoms with Gasteiger partial charge in [0.15, 0.2) is 11.5 Å². The number of alkyl carbamates (subject to hydrolysis) is 1. The van der Waals surface area contributed by atoms with Crippen molar-refractivity contribution >= 4 is 20.2 Å². The van der Waals surface area contributed by atoms with E-state index in [0.29, 0.717) is 23.7 Å². The summed E-state index contributed by atoms with van der Waals surface area (Å²) in [7, 11) is -0.990. The lowest BCUT2D eigenvalue weighted by Crippen LogP contribution is -2.42. The summed E-state index contributed by atoms with van der Waals surface area (Å²) in [6.45, 7) is 0.347. The first-order valence-electron chi connectivity index (χ1n) is 15.0. The van der Waals surface area contributed by atoms with Crippen LogP contribution in [-0.4, -0.2) is 23.2 Å². The zero-order valence-electron chi connectivity index (χ0n) is 25.3. The fourth-order valence-electron chi connectivity index (χ4n) is 4.78. The normalized spacial score (nSPS) is 11.4. The second kappa shape index (κ2) is 16.8. The number of carbonyl (C=O) groups is 2. The van der Waals surface area contributed by atoms with Crippen LogP contribution >= 0.6 is 8.15 Å². The number of ether oxygens (including phenoxy) is 2. The topological polar surface area (TPSA) is 94.1 Å². The van der Waals surface area contributed by atoms with Crippen molar-refractivity contribution in [2.45, 2.75) is 38.0 Å². The number of benzene rings is 5. The summed E-state index contributed by atoms with van der Waals surface area (Å²) in [6, 6.07) is 43.8. The summed E-state index contributed by atoms with van der Waals surface area (Å²) in [5.41, 5.74) is 4.83. The minimum atomic E-state index is -1.20. The van der Waals surface area contributed by atoms with Crippen molar-refractivity contribution in [3.8, 4) is 11.5 Å². The highest BCUT2D eigenvalue weighted by Crippen LogP contribution is 2.47. The molecule has 0 unspecified atom stereocenters. The minimum absolute atomic E-state index is 0.0283. The highest BCUT2D eigenvalue weighted by atomic mass is 31.1. The van der Waals surface area contributed by atoms with Gasteiger partial charge in [0.1, 0.15) is 19.3 Å². The predicted octanol–water partition coefficient (Wildman–Crippen LogP) is 8.36. The van der Waals surface area contributed by atoms with Crippen LogP contribution < -0.4 is 14.6 Å². The molecule has 7 nitrogen and oxygen atoms in total. The van der Waals surface area contributed by atoms with Crippen molar-refractivity contribution in [2.75, 3.05) is 0 Å². The summed E-state index contributed by atoms with van der Waals surface area (Å²) in [5.74, 6) is -0.0801. The van der Waals surface area contributed by atoms with Crippen LogP contribution in [0.1, 0.15) is 27.8 Å². The monoisotopic (exact) mass is 633 g/mol. The summed E-state index contributed by atoms with van der Waals surface area (Å²) in [4.78, 5) is 24.6. The van der Waals surface area contributed by atoms with E-state index in [1.165, 1.54) is 11.1 Å². The molecule has 0 aliphatic carbocycles. The van der Waals surface area contributed by atoms with Gasteiger partial charge in [-0.25, -0.2) is 9.59 Å². The fourth-order valence-corrected chi connectivity index (χ4v) is 6.69. The van der Waals surface area contributed by atoms with Gasteiger partial charge in [0.25, 0.3) is 0 Å². The highest BCUT2D eigenvalue weighted by Gasteiger charge is 2.23. The molecular weight excluding hydrogens is 597 g/mol. The molecule has 0 radical (unpaired) electrons. The van der Waals surface area contributed by atoms with Crippen LogP contribution in [0.15, 0.2) is 140 Å². The van der Waals surface area contributed by atoms with Gasteiger partial charge in [-0.05, 0) is 39.9 Å². The summed E-state index contributed by atoms with van der Waals surface area (Å²) in [5, 5.41) is 12.4. The number of rotatable bonds is 15. The molecule has 5 aromatic rings. The number of nitrogens with one attached hydrogen (secondary N) is 1. The maximum absolute atomic E-state index is 12.5. The second-order valence-corrected chi connectivity index (χ2v) is 12.5. The van der Waals surface area contributed by atoms with Gasteiger partial charge in [0.05, 0.1) is 8.15 Å². The van der Waals surface area contributed by atoms with Gasteiger partial charge in [-0.2, -0.15) is 0 Å². The molecule has 5 aromatic carbocycles. The zero-order valence-corrected chi connectivity index (χ0v) is 26.2. The van der Waals surface area contributed by atoms with Gasteiger partial charge in [0, 0.05) is 18.7 Å². The number of carboxylic acid groups (broad SMARTS) is 1. The first kappa shape index (κ1) is 32.3. The first-order valence-corrected chi connectivity index (χ1v) is 16.7. The van der Waals surface area contributed by atoms with Gasteiger partial charge in [-0.3, -0.25) is 0 Å². The highest BCUT2D eigenvalue weighted by molar-refractivity contribution is 7.51. The van der Waals surface area contributed by atoms with E-state index in [9.17, 15) is 14.7 Å². The number of aliphatic carboxylic acids is 1. The van der Waals surface area contributed by atoms with Gasteiger partial charge >= 0.3 is 12.1 Å². The van der Waals surface area contributed by atoms with Crippen molar-refractivity contribution in [2.24, 2.45) is 0 Å². The SMILES string of the molecule is O=C(N[C@@H](Cc1ccc(OP(Cc2ccccc2)Cc2ccccc2)c(OCc2ccccc2)c1)C(=O)O)OCc1ccccc1. The number of carboxylic acids is 1. The third-order valence-electron chi connectivity index (χ3n) is 7.12. The molecule has 0 bridgehead atoms. The Bertz CT molecular complexity index is 1630. The van der Waals surface area contributed by atoms with E-state index in [1.54, 1.807) is 6.07 Å².